The van der Waals surface area contributed by atoms with Crippen LogP contribution in [0.3, 0.4) is 0 Å². The molecule has 3 rings (SSSR count). The van der Waals surface area contributed by atoms with E-state index in [1.165, 1.54) is 6.33 Å². The van der Waals surface area contributed by atoms with E-state index < -0.39 is 17.6 Å². The minimum absolute atomic E-state index is 0.0470. The van der Waals surface area contributed by atoms with Crippen molar-refractivity contribution in [3.8, 4) is 11.4 Å². The lowest BCUT2D eigenvalue weighted by Crippen LogP contribution is -2.09. The summed E-state index contributed by atoms with van der Waals surface area (Å²) in [5.41, 5.74) is -0.271. The molecule has 1 aliphatic rings. The molecule has 21 heavy (non-hydrogen) atoms. The summed E-state index contributed by atoms with van der Waals surface area (Å²) in [4.78, 5) is 11.3. The van der Waals surface area contributed by atoms with Crippen molar-refractivity contribution in [2.45, 2.75) is 31.7 Å². The minimum Gasteiger partial charge on any atom is -0.478 e. The molecular weight excluding hydrogens is 280 g/mol. The molecule has 0 amide bonds. The molecular formula is C14H13F2N3O2. The summed E-state index contributed by atoms with van der Waals surface area (Å²) in [5, 5.41) is 16.9. The first kappa shape index (κ1) is 13.7. The molecule has 7 heteroatoms. The highest BCUT2D eigenvalue weighted by Crippen LogP contribution is 2.34. The molecule has 0 bridgehead atoms. The molecule has 1 heterocycles. The number of hydrogen-bond acceptors (Lipinski definition) is 3. The molecule has 0 radical (unpaired) electrons. The average Bonchev–Trinajstić information content (AvgIpc) is 3.09. The molecule has 1 saturated carbocycles. The number of carboxylic acids is 1. The third kappa shape index (κ3) is 2.39. The smallest absolute Gasteiger partial charge is 0.336 e. The molecule has 0 saturated heterocycles. The van der Waals surface area contributed by atoms with Crippen molar-refractivity contribution >= 4 is 5.97 Å². The van der Waals surface area contributed by atoms with Gasteiger partial charge in [-0.25, -0.2) is 13.6 Å². The Kier molecular flexibility index (Phi) is 3.40. The number of hydrogen-bond donors (Lipinski definition) is 1. The Bertz CT molecular complexity index is 694. The summed E-state index contributed by atoms with van der Waals surface area (Å²) in [7, 11) is 0. The summed E-state index contributed by atoms with van der Waals surface area (Å²) in [6.45, 7) is 0. The van der Waals surface area contributed by atoms with Crippen LogP contribution < -0.4 is 0 Å². The summed E-state index contributed by atoms with van der Waals surface area (Å²) >= 11 is 0. The second-order valence-corrected chi connectivity index (χ2v) is 5.12. The lowest BCUT2D eigenvalue weighted by Gasteiger charge is -2.15. The number of nitrogens with zero attached hydrogens (tertiary/aromatic N) is 3. The molecule has 0 atom stereocenters. The first-order valence-electron chi connectivity index (χ1n) is 6.70. The van der Waals surface area contributed by atoms with Crippen molar-refractivity contribution < 1.29 is 18.7 Å². The lowest BCUT2D eigenvalue weighted by molar-refractivity contribution is 0.0697. The zero-order valence-corrected chi connectivity index (χ0v) is 11.1. The van der Waals surface area contributed by atoms with Crippen LogP contribution in [0.2, 0.25) is 0 Å². The number of aromatic carboxylic acids is 1. The van der Waals surface area contributed by atoms with Crippen LogP contribution in [-0.4, -0.2) is 25.8 Å². The SMILES string of the molecule is O=C(O)c1cc(F)c(F)cc1-c1nncn1C1CCCC1. The largest absolute Gasteiger partial charge is 0.478 e. The Hall–Kier alpha value is -2.31. The summed E-state index contributed by atoms with van der Waals surface area (Å²) in [6.07, 6.45) is 5.55. The summed E-state index contributed by atoms with van der Waals surface area (Å²) in [5.74, 6) is -3.36. The maximum absolute atomic E-state index is 13.5. The van der Waals surface area contributed by atoms with E-state index >= 15 is 0 Å². The first-order chi connectivity index (χ1) is 10.1. The molecule has 1 fully saturated rings. The van der Waals surface area contributed by atoms with Gasteiger partial charge < -0.3 is 9.67 Å². The van der Waals surface area contributed by atoms with Gasteiger partial charge in [0.1, 0.15) is 6.33 Å². The molecule has 0 unspecified atom stereocenters. The molecule has 1 N–H and O–H groups in total. The molecule has 2 aromatic rings. The highest BCUT2D eigenvalue weighted by atomic mass is 19.2. The zero-order valence-electron chi connectivity index (χ0n) is 11.1. The van der Waals surface area contributed by atoms with Crippen molar-refractivity contribution in [2.75, 3.05) is 0 Å². The molecule has 5 nitrogen and oxygen atoms in total. The van der Waals surface area contributed by atoms with Crippen LogP contribution in [0.4, 0.5) is 8.78 Å². The third-order valence-corrected chi connectivity index (χ3v) is 3.82. The summed E-state index contributed by atoms with van der Waals surface area (Å²) in [6, 6.07) is 1.72. The van der Waals surface area contributed by atoms with Crippen molar-refractivity contribution in [1.29, 1.82) is 0 Å². The Morgan fingerprint density at radius 3 is 2.57 bits per heavy atom. The topological polar surface area (TPSA) is 68.0 Å². The van der Waals surface area contributed by atoms with Gasteiger partial charge >= 0.3 is 5.97 Å². The Morgan fingerprint density at radius 2 is 1.90 bits per heavy atom. The second kappa shape index (κ2) is 5.23. The van der Waals surface area contributed by atoms with Gasteiger partial charge in [0.05, 0.1) is 5.56 Å². The van der Waals surface area contributed by atoms with Gasteiger partial charge in [-0.2, -0.15) is 0 Å². The molecule has 1 aromatic carbocycles. The average molecular weight is 293 g/mol. The number of rotatable bonds is 3. The van der Waals surface area contributed by atoms with Crippen molar-refractivity contribution in [3.63, 3.8) is 0 Å². The van der Waals surface area contributed by atoms with E-state index in [1.54, 1.807) is 4.57 Å². The Balaban J connectivity index is 2.14. The number of halogens is 2. The van der Waals surface area contributed by atoms with Crippen LogP contribution in [0.5, 0.6) is 0 Å². The van der Waals surface area contributed by atoms with E-state index in [0.29, 0.717) is 6.07 Å². The zero-order chi connectivity index (χ0) is 15.0. The highest BCUT2D eigenvalue weighted by molar-refractivity contribution is 5.95. The quantitative estimate of drug-likeness (QED) is 0.944. The minimum atomic E-state index is -1.33. The second-order valence-electron chi connectivity index (χ2n) is 5.12. The van der Waals surface area contributed by atoms with E-state index in [0.717, 1.165) is 31.7 Å². The number of carboxylic acid groups (broad SMARTS) is 1. The van der Waals surface area contributed by atoms with Gasteiger partial charge in [-0.3, -0.25) is 0 Å². The van der Waals surface area contributed by atoms with Crippen LogP contribution in [0.25, 0.3) is 11.4 Å². The van der Waals surface area contributed by atoms with Crippen molar-refractivity contribution in [3.05, 3.63) is 35.7 Å². The van der Waals surface area contributed by atoms with Gasteiger partial charge in [-0.15, -0.1) is 10.2 Å². The van der Waals surface area contributed by atoms with Crippen LogP contribution in [0, 0.1) is 11.6 Å². The van der Waals surface area contributed by atoms with Gasteiger partial charge in [0, 0.05) is 11.6 Å². The van der Waals surface area contributed by atoms with E-state index in [4.69, 9.17) is 0 Å². The first-order valence-corrected chi connectivity index (χ1v) is 6.70. The monoisotopic (exact) mass is 293 g/mol. The van der Waals surface area contributed by atoms with Crippen LogP contribution in [0.1, 0.15) is 42.1 Å². The van der Waals surface area contributed by atoms with Crippen molar-refractivity contribution in [1.82, 2.24) is 14.8 Å². The van der Waals surface area contributed by atoms with E-state index in [9.17, 15) is 18.7 Å². The fourth-order valence-electron chi connectivity index (χ4n) is 2.79. The van der Waals surface area contributed by atoms with Gasteiger partial charge in [-0.05, 0) is 25.0 Å². The van der Waals surface area contributed by atoms with Crippen LogP contribution >= 0.6 is 0 Å². The standard InChI is InChI=1S/C14H13F2N3O2/c15-11-5-9(10(14(20)21)6-12(11)16)13-18-17-7-19(13)8-3-1-2-4-8/h5-8H,1-4H2,(H,20,21). The predicted octanol–water partition coefficient (Wildman–Crippen LogP) is 3.04. The highest BCUT2D eigenvalue weighted by Gasteiger charge is 2.24. The fraction of sp³-hybridized carbons (Fsp3) is 0.357. The lowest BCUT2D eigenvalue weighted by atomic mass is 10.1. The molecule has 1 aliphatic carbocycles. The van der Waals surface area contributed by atoms with Gasteiger partial charge in [-0.1, -0.05) is 12.8 Å². The van der Waals surface area contributed by atoms with Crippen molar-refractivity contribution in [2.24, 2.45) is 0 Å². The van der Waals surface area contributed by atoms with E-state index in [1.807, 2.05) is 0 Å². The maximum atomic E-state index is 13.5. The number of benzene rings is 1. The molecule has 0 spiro atoms. The van der Waals surface area contributed by atoms with Gasteiger partial charge in [0.2, 0.25) is 0 Å². The predicted molar refractivity (Wildman–Crippen MR) is 69.8 cm³/mol. The normalized spacial score (nSPS) is 15.5. The number of carbonyl (C=O) groups is 1. The van der Waals surface area contributed by atoms with E-state index in [-0.39, 0.29) is 23.0 Å². The molecule has 110 valence electrons. The third-order valence-electron chi connectivity index (χ3n) is 3.82. The Labute approximate surface area is 119 Å². The van der Waals surface area contributed by atoms with Gasteiger partial charge in [0.15, 0.2) is 17.5 Å². The van der Waals surface area contributed by atoms with Crippen LogP contribution in [-0.2, 0) is 0 Å². The fourth-order valence-corrected chi connectivity index (χ4v) is 2.79. The van der Waals surface area contributed by atoms with Crippen LogP contribution in [0.15, 0.2) is 18.5 Å². The van der Waals surface area contributed by atoms with Gasteiger partial charge in [0.25, 0.3) is 0 Å². The number of aromatic nitrogens is 3. The maximum Gasteiger partial charge on any atom is 0.336 e. The Morgan fingerprint density at radius 1 is 1.24 bits per heavy atom. The van der Waals surface area contributed by atoms with E-state index in [2.05, 4.69) is 10.2 Å². The summed E-state index contributed by atoms with van der Waals surface area (Å²) < 4.78 is 28.5. The molecule has 0 aliphatic heterocycles. The molecule has 1 aromatic heterocycles.